The Balaban J connectivity index is 1.69. The van der Waals surface area contributed by atoms with Crippen LogP contribution in [0.3, 0.4) is 0 Å². The molecule has 2 atom stereocenters. The molecule has 2 unspecified atom stereocenters. The minimum Gasteiger partial charge on any atom is -0.342 e. The van der Waals surface area contributed by atoms with Crippen molar-refractivity contribution in [3.8, 4) is 0 Å². The summed E-state index contributed by atoms with van der Waals surface area (Å²) in [6, 6.07) is 10.4. The van der Waals surface area contributed by atoms with Gasteiger partial charge in [-0.05, 0) is 49.9 Å². The summed E-state index contributed by atoms with van der Waals surface area (Å²) in [4.78, 5) is 15.0. The molecule has 1 amide bonds. The first-order chi connectivity index (χ1) is 12.6. The van der Waals surface area contributed by atoms with E-state index in [-0.39, 0.29) is 17.7 Å². The lowest BCUT2D eigenvalue weighted by Gasteiger charge is -2.33. The quantitative estimate of drug-likeness (QED) is 0.771. The normalized spacial score (nSPS) is 18.7. The second-order valence-electron chi connectivity index (χ2n) is 7.03. The Morgan fingerprint density at radius 2 is 2.12 bits per heavy atom. The van der Waals surface area contributed by atoms with Crippen LogP contribution < -0.4 is 0 Å². The fourth-order valence-electron chi connectivity index (χ4n) is 3.92. The number of aromatic amines is 1. The van der Waals surface area contributed by atoms with E-state index in [4.69, 9.17) is 12.2 Å². The predicted octanol–water partition coefficient (Wildman–Crippen LogP) is 4.25. The van der Waals surface area contributed by atoms with Crippen LogP contribution in [0.4, 0.5) is 0 Å². The van der Waals surface area contributed by atoms with Gasteiger partial charge in [0.05, 0.1) is 0 Å². The van der Waals surface area contributed by atoms with Crippen LogP contribution in [0.2, 0.25) is 0 Å². The van der Waals surface area contributed by atoms with Crippen molar-refractivity contribution >= 4 is 18.1 Å². The first-order valence-corrected chi connectivity index (χ1v) is 10.0. The standard InChI is InChI=1S/C20H28N4OS/c1-3-15(16-9-6-5-7-10-16)13-18(25)23-12-8-11-17(14-23)19-21-22-20(26)24(19)4-2/h5-7,9-10,15,17H,3-4,8,11-14H2,1-2H3,(H,22,26). The summed E-state index contributed by atoms with van der Waals surface area (Å²) < 4.78 is 2.72. The average molecular weight is 373 g/mol. The lowest BCUT2D eigenvalue weighted by atomic mass is 9.91. The zero-order valence-corrected chi connectivity index (χ0v) is 16.5. The largest absolute Gasteiger partial charge is 0.342 e. The smallest absolute Gasteiger partial charge is 0.223 e. The summed E-state index contributed by atoms with van der Waals surface area (Å²) in [5, 5.41) is 7.34. The van der Waals surface area contributed by atoms with E-state index in [1.54, 1.807) is 0 Å². The molecule has 5 nitrogen and oxygen atoms in total. The summed E-state index contributed by atoms with van der Waals surface area (Å²) >= 11 is 5.31. The second kappa shape index (κ2) is 8.62. The minimum absolute atomic E-state index is 0.252. The molecule has 0 bridgehead atoms. The van der Waals surface area contributed by atoms with Crippen molar-refractivity contribution < 1.29 is 4.79 Å². The van der Waals surface area contributed by atoms with Crippen molar-refractivity contribution in [2.75, 3.05) is 13.1 Å². The molecule has 0 radical (unpaired) electrons. The van der Waals surface area contributed by atoms with Crippen molar-refractivity contribution in [1.82, 2.24) is 19.7 Å². The molecule has 1 aromatic carbocycles. The van der Waals surface area contributed by atoms with Gasteiger partial charge in [-0.1, -0.05) is 37.3 Å². The summed E-state index contributed by atoms with van der Waals surface area (Å²) in [5.74, 6) is 1.79. The van der Waals surface area contributed by atoms with Crippen LogP contribution in [0.1, 0.15) is 62.8 Å². The third-order valence-corrected chi connectivity index (χ3v) is 5.74. The summed E-state index contributed by atoms with van der Waals surface area (Å²) in [7, 11) is 0. The highest BCUT2D eigenvalue weighted by molar-refractivity contribution is 7.71. The highest BCUT2D eigenvalue weighted by Gasteiger charge is 2.29. The molecule has 2 heterocycles. The number of carbonyl (C=O) groups is 1. The van der Waals surface area contributed by atoms with Gasteiger partial charge in [-0.15, -0.1) is 0 Å². The Morgan fingerprint density at radius 1 is 1.35 bits per heavy atom. The highest BCUT2D eigenvalue weighted by atomic mass is 32.1. The fourth-order valence-corrected chi connectivity index (χ4v) is 4.19. The van der Waals surface area contributed by atoms with Crippen LogP contribution in [0.25, 0.3) is 0 Å². The van der Waals surface area contributed by atoms with Gasteiger partial charge in [0.1, 0.15) is 5.82 Å². The minimum atomic E-state index is 0.252. The van der Waals surface area contributed by atoms with Crippen LogP contribution in [0, 0.1) is 4.77 Å². The second-order valence-corrected chi connectivity index (χ2v) is 7.42. The number of H-pyrrole nitrogens is 1. The van der Waals surface area contributed by atoms with Crippen molar-refractivity contribution in [2.45, 2.75) is 57.9 Å². The number of rotatable bonds is 6. The Kier molecular flexibility index (Phi) is 6.25. The number of benzene rings is 1. The van der Waals surface area contributed by atoms with Gasteiger partial charge in [0.25, 0.3) is 0 Å². The van der Waals surface area contributed by atoms with Gasteiger partial charge in [-0.2, -0.15) is 5.10 Å². The van der Waals surface area contributed by atoms with E-state index < -0.39 is 0 Å². The molecule has 1 saturated heterocycles. The molecule has 1 fully saturated rings. The number of hydrogen-bond acceptors (Lipinski definition) is 3. The molecule has 0 aliphatic carbocycles. The summed E-state index contributed by atoms with van der Waals surface area (Å²) in [6.07, 6.45) is 3.62. The van der Waals surface area contributed by atoms with Gasteiger partial charge in [0.2, 0.25) is 5.91 Å². The number of hydrogen-bond donors (Lipinski definition) is 1. The first-order valence-electron chi connectivity index (χ1n) is 9.61. The third kappa shape index (κ3) is 4.06. The topological polar surface area (TPSA) is 53.9 Å². The molecule has 0 spiro atoms. The highest BCUT2D eigenvalue weighted by Crippen LogP contribution is 2.29. The molecule has 26 heavy (non-hydrogen) atoms. The number of aromatic nitrogens is 3. The number of piperidine rings is 1. The Bertz CT molecular complexity index is 783. The van der Waals surface area contributed by atoms with Gasteiger partial charge < -0.3 is 9.47 Å². The van der Waals surface area contributed by atoms with Gasteiger partial charge >= 0.3 is 0 Å². The molecular weight excluding hydrogens is 344 g/mol. The van der Waals surface area contributed by atoms with E-state index in [1.165, 1.54) is 5.56 Å². The van der Waals surface area contributed by atoms with Crippen LogP contribution in [0.15, 0.2) is 30.3 Å². The molecule has 140 valence electrons. The SMILES string of the molecule is CCC(CC(=O)N1CCCC(c2n[nH]c(=S)n2CC)C1)c1ccccc1. The zero-order valence-electron chi connectivity index (χ0n) is 15.6. The predicted molar refractivity (Wildman–Crippen MR) is 106 cm³/mol. The Morgan fingerprint density at radius 3 is 2.81 bits per heavy atom. The number of nitrogens with one attached hydrogen (secondary N) is 1. The van der Waals surface area contributed by atoms with E-state index in [0.29, 0.717) is 11.2 Å². The van der Waals surface area contributed by atoms with E-state index in [1.807, 2.05) is 27.7 Å². The lowest BCUT2D eigenvalue weighted by molar-refractivity contribution is -0.132. The lowest BCUT2D eigenvalue weighted by Crippen LogP contribution is -2.40. The monoisotopic (exact) mass is 372 g/mol. The van der Waals surface area contributed by atoms with Gasteiger partial charge in [-0.25, -0.2) is 0 Å². The number of carbonyl (C=O) groups excluding carboxylic acids is 1. The molecule has 0 saturated carbocycles. The van der Waals surface area contributed by atoms with E-state index in [9.17, 15) is 4.79 Å². The molecule has 6 heteroatoms. The van der Waals surface area contributed by atoms with Crippen LogP contribution in [-0.2, 0) is 11.3 Å². The van der Waals surface area contributed by atoms with Crippen molar-refractivity contribution in [3.63, 3.8) is 0 Å². The maximum atomic E-state index is 12.9. The molecular formula is C20H28N4OS. The Hall–Kier alpha value is -1.95. The van der Waals surface area contributed by atoms with Gasteiger partial charge in [0, 0.05) is 32.0 Å². The van der Waals surface area contributed by atoms with Crippen molar-refractivity contribution in [3.05, 3.63) is 46.5 Å². The van der Waals surface area contributed by atoms with E-state index in [0.717, 1.165) is 44.7 Å². The molecule has 3 rings (SSSR count). The summed E-state index contributed by atoms with van der Waals surface area (Å²) in [6.45, 7) is 6.62. The first kappa shape index (κ1) is 18.8. The van der Waals surface area contributed by atoms with Crippen LogP contribution in [0.5, 0.6) is 0 Å². The zero-order chi connectivity index (χ0) is 18.5. The number of nitrogens with zero attached hydrogens (tertiary/aromatic N) is 3. The van der Waals surface area contributed by atoms with Crippen molar-refractivity contribution in [1.29, 1.82) is 0 Å². The molecule has 1 aromatic heterocycles. The molecule has 2 aromatic rings. The van der Waals surface area contributed by atoms with Crippen molar-refractivity contribution in [2.24, 2.45) is 0 Å². The van der Waals surface area contributed by atoms with E-state index >= 15 is 0 Å². The van der Waals surface area contributed by atoms with E-state index in [2.05, 4.69) is 36.2 Å². The van der Waals surface area contributed by atoms with Crippen LogP contribution in [-0.4, -0.2) is 38.7 Å². The fraction of sp³-hybridized carbons (Fsp3) is 0.550. The average Bonchev–Trinajstić information content (AvgIpc) is 3.07. The summed E-state index contributed by atoms with van der Waals surface area (Å²) in [5.41, 5.74) is 1.25. The Labute approximate surface area is 160 Å². The van der Waals surface area contributed by atoms with Crippen LogP contribution >= 0.6 is 12.2 Å². The van der Waals surface area contributed by atoms with Gasteiger partial charge in [-0.3, -0.25) is 9.89 Å². The maximum absolute atomic E-state index is 12.9. The molecule has 1 aliphatic rings. The molecule has 1 N–H and O–H groups in total. The van der Waals surface area contributed by atoms with Gasteiger partial charge in [0.15, 0.2) is 4.77 Å². The molecule has 1 aliphatic heterocycles. The maximum Gasteiger partial charge on any atom is 0.223 e. The number of likely N-dealkylation sites (tertiary alicyclic amines) is 1. The number of amides is 1. The third-order valence-electron chi connectivity index (χ3n) is 5.43.